The van der Waals surface area contributed by atoms with E-state index in [1.54, 1.807) is 6.20 Å². The minimum atomic E-state index is 0.186. The van der Waals surface area contributed by atoms with Crippen LogP contribution in [0.1, 0.15) is 18.7 Å². The summed E-state index contributed by atoms with van der Waals surface area (Å²) < 4.78 is 5.22. The first kappa shape index (κ1) is 9.86. The number of pyridine rings is 1. The van der Waals surface area contributed by atoms with Gasteiger partial charge in [0.25, 0.3) is 0 Å². The van der Waals surface area contributed by atoms with Crippen LogP contribution in [0.4, 0.5) is 0 Å². The maximum absolute atomic E-state index is 5.22. The van der Waals surface area contributed by atoms with Gasteiger partial charge in [0.2, 0.25) is 0 Å². The van der Waals surface area contributed by atoms with Crippen LogP contribution in [0.3, 0.4) is 0 Å². The fourth-order valence-corrected chi connectivity index (χ4v) is 1.27. The fraction of sp³-hybridized carbons (Fsp3) is 0.273. The van der Waals surface area contributed by atoms with Gasteiger partial charge in [-0.25, -0.2) is 0 Å². The molecule has 0 radical (unpaired) electrons. The number of nitrogens with zero attached hydrogens (tertiary/aromatic N) is 2. The second-order valence-corrected chi connectivity index (χ2v) is 3.34. The number of hydrogen-bond acceptors (Lipinski definition) is 4. The van der Waals surface area contributed by atoms with Crippen molar-refractivity contribution in [3.63, 3.8) is 0 Å². The molecule has 0 saturated carbocycles. The van der Waals surface area contributed by atoms with Gasteiger partial charge in [0.05, 0.1) is 0 Å². The van der Waals surface area contributed by atoms with E-state index in [-0.39, 0.29) is 6.04 Å². The maximum atomic E-state index is 5.22. The van der Waals surface area contributed by atoms with Crippen molar-refractivity contribution in [1.29, 1.82) is 0 Å². The smallest absolute Gasteiger partial charge is 0.185 e. The van der Waals surface area contributed by atoms with Crippen molar-refractivity contribution in [2.24, 2.45) is 0 Å². The van der Waals surface area contributed by atoms with E-state index in [4.69, 9.17) is 4.52 Å². The van der Waals surface area contributed by atoms with Crippen LogP contribution in [0, 0.1) is 0 Å². The molecular weight excluding hydrogens is 190 g/mol. The normalized spacial score (nSPS) is 12.7. The largest absolute Gasteiger partial charge is 0.354 e. The molecule has 0 aliphatic rings. The lowest BCUT2D eigenvalue weighted by atomic mass is 10.2. The third-order valence-corrected chi connectivity index (χ3v) is 2.32. The lowest BCUT2D eigenvalue weighted by Crippen LogP contribution is -2.12. The monoisotopic (exact) mass is 203 g/mol. The van der Waals surface area contributed by atoms with Crippen LogP contribution >= 0.6 is 0 Å². The molecular formula is C11H13N3O. The topological polar surface area (TPSA) is 51.0 Å². The second-order valence-electron chi connectivity index (χ2n) is 3.34. The molecule has 1 N–H and O–H groups in total. The summed E-state index contributed by atoms with van der Waals surface area (Å²) in [6.07, 6.45) is 1.74. The summed E-state index contributed by atoms with van der Waals surface area (Å²) in [6.45, 7) is 2.03. The predicted octanol–water partition coefficient (Wildman–Crippen LogP) is 2.02. The Balaban J connectivity index is 2.28. The molecule has 2 rings (SSSR count). The minimum Gasteiger partial charge on any atom is -0.354 e. The summed E-state index contributed by atoms with van der Waals surface area (Å²) >= 11 is 0. The second kappa shape index (κ2) is 4.23. The molecule has 78 valence electrons. The Morgan fingerprint density at radius 1 is 1.40 bits per heavy atom. The van der Waals surface area contributed by atoms with Crippen molar-refractivity contribution in [2.75, 3.05) is 7.05 Å². The Morgan fingerprint density at radius 3 is 2.93 bits per heavy atom. The van der Waals surface area contributed by atoms with Crippen LogP contribution < -0.4 is 5.32 Å². The molecule has 0 spiro atoms. The Morgan fingerprint density at radius 2 is 2.27 bits per heavy atom. The van der Waals surface area contributed by atoms with Gasteiger partial charge in [-0.15, -0.1) is 0 Å². The molecule has 0 bridgehead atoms. The first-order chi connectivity index (χ1) is 7.31. The predicted molar refractivity (Wildman–Crippen MR) is 57.2 cm³/mol. The molecule has 0 aliphatic carbocycles. The van der Waals surface area contributed by atoms with Crippen LogP contribution in [-0.4, -0.2) is 17.2 Å². The molecule has 1 unspecified atom stereocenters. The summed E-state index contributed by atoms with van der Waals surface area (Å²) in [7, 11) is 1.89. The summed E-state index contributed by atoms with van der Waals surface area (Å²) in [5.74, 6) is 0.702. The summed E-state index contributed by atoms with van der Waals surface area (Å²) in [6, 6.07) is 7.78. The van der Waals surface area contributed by atoms with E-state index in [1.807, 2.05) is 38.2 Å². The van der Waals surface area contributed by atoms with Gasteiger partial charge in [-0.2, -0.15) is 0 Å². The van der Waals surface area contributed by atoms with Crippen molar-refractivity contribution in [3.05, 3.63) is 36.2 Å². The average Bonchev–Trinajstić information content (AvgIpc) is 2.78. The van der Waals surface area contributed by atoms with E-state index >= 15 is 0 Å². The molecule has 15 heavy (non-hydrogen) atoms. The number of aromatic nitrogens is 2. The third-order valence-electron chi connectivity index (χ3n) is 2.32. The van der Waals surface area contributed by atoms with Gasteiger partial charge in [-0.05, 0) is 26.1 Å². The lowest BCUT2D eigenvalue weighted by molar-refractivity contribution is 0.412. The van der Waals surface area contributed by atoms with Gasteiger partial charge >= 0.3 is 0 Å². The van der Waals surface area contributed by atoms with Gasteiger partial charge in [0.15, 0.2) is 5.76 Å². The van der Waals surface area contributed by atoms with E-state index in [0.717, 1.165) is 11.4 Å². The van der Waals surface area contributed by atoms with Gasteiger partial charge in [-0.1, -0.05) is 11.2 Å². The third kappa shape index (κ3) is 2.05. The summed E-state index contributed by atoms with van der Waals surface area (Å²) in [5.41, 5.74) is 1.69. The molecule has 0 fully saturated rings. The fourth-order valence-electron chi connectivity index (χ4n) is 1.27. The molecule has 1 atom stereocenters. The van der Waals surface area contributed by atoms with E-state index < -0.39 is 0 Å². The number of nitrogens with one attached hydrogen (secondary N) is 1. The number of hydrogen-bond donors (Lipinski definition) is 1. The first-order valence-corrected chi connectivity index (χ1v) is 4.86. The minimum absolute atomic E-state index is 0.186. The molecule has 4 nitrogen and oxygen atoms in total. The maximum Gasteiger partial charge on any atom is 0.185 e. The lowest BCUT2D eigenvalue weighted by Gasteiger charge is -2.02. The zero-order valence-electron chi connectivity index (χ0n) is 8.77. The Kier molecular flexibility index (Phi) is 2.78. The van der Waals surface area contributed by atoms with Crippen LogP contribution in [0.5, 0.6) is 0 Å². The van der Waals surface area contributed by atoms with Crippen molar-refractivity contribution < 1.29 is 4.52 Å². The molecule has 0 saturated heterocycles. The molecule has 4 heteroatoms. The van der Waals surface area contributed by atoms with Crippen LogP contribution in [0.25, 0.3) is 11.5 Å². The van der Waals surface area contributed by atoms with E-state index in [0.29, 0.717) is 5.76 Å². The molecule has 2 aromatic rings. The highest BCUT2D eigenvalue weighted by atomic mass is 16.5. The van der Waals surface area contributed by atoms with Crippen molar-refractivity contribution in [1.82, 2.24) is 15.5 Å². The molecule has 2 heterocycles. The zero-order valence-corrected chi connectivity index (χ0v) is 8.77. The van der Waals surface area contributed by atoms with Crippen LogP contribution in [0.2, 0.25) is 0 Å². The van der Waals surface area contributed by atoms with Crippen molar-refractivity contribution in [3.8, 4) is 11.5 Å². The number of rotatable bonds is 3. The summed E-state index contributed by atoms with van der Waals surface area (Å²) in [5, 5.41) is 7.09. The van der Waals surface area contributed by atoms with Crippen molar-refractivity contribution in [2.45, 2.75) is 13.0 Å². The highest BCUT2D eigenvalue weighted by Gasteiger charge is 2.11. The molecule has 2 aromatic heterocycles. The standard InChI is InChI=1S/C11H13N3O/c1-8(12-2)10-7-11(15-14-10)9-5-3-4-6-13-9/h3-8,12H,1-2H3. The quantitative estimate of drug-likeness (QED) is 0.829. The molecule has 0 aliphatic heterocycles. The van der Waals surface area contributed by atoms with E-state index in [2.05, 4.69) is 15.5 Å². The van der Waals surface area contributed by atoms with Gasteiger partial charge in [0, 0.05) is 18.3 Å². The van der Waals surface area contributed by atoms with Crippen LogP contribution in [0.15, 0.2) is 35.0 Å². The zero-order chi connectivity index (χ0) is 10.7. The Bertz CT molecular complexity index is 424. The Hall–Kier alpha value is -1.68. The highest BCUT2D eigenvalue weighted by Crippen LogP contribution is 2.20. The Labute approximate surface area is 88.3 Å². The first-order valence-electron chi connectivity index (χ1n) is 4.86. The average molecular weight is 203 g/mol. The summed E-state index contributed by atoms with van der Waals surface area (Å²) in [4.78, 5) is 4.19. The molecule has 0 aromatic carbocycles. The van der Waals surface area contributed by atoms with Gasteiger partial charge in [-0.3, -0.25) is 4.98 Å². The van der Waals surface area contributed by atoms with Crippen LogP contribution in [-0.2, 0) is 0 Å². The molecule has 0 amide bonds. The van der Waals surface area contributed by atoms with Gasteiger partial charge in [0.1, 0.15) is 11.4 Å². The van der Waals surface area contributed by atoms with E-state index in [1.165, 1.54) is 0 Å². The van der Waals surface area contributed by atoms with Gasteiger partial charge < -0.3 is 9.84 Å². The highest BCUT2D eigenvalue weighted by molar-refractivity contribution is 5.51. The van der Waals surface area contributed by atoms with Crippen molar-refractivity contribution >= 4 is 0 Å². The van der Waals surface area contributed by atoms with E-state index in [9.17, 15) is 0 Å². The SMILES string of the molecule is CNC(C)c1cc(-c2ccccn2)on1.